The lowest BCUT2D eigenvalue weighted by Crippen LogP contribution is -2.32. The van der Waals surface area contributed by atoms with Gasteiger partial charge in [0.05, 0.1) is 5.69 Å². The molecule has 0 atom stereocenters. The first-order chi connectivity index (χ1) is 12.1. The van der Waals surface area contributed by atoms with E-state index in [0.717, 1.165) is 31.1 Å². The molecule has 0 bridgehead atoms. The zero-order valence-electron chi connectivity index (χ0n) is 14.6. The van der Waals surface area contributed by atoms with E-state index in [1.54, 1.807) is 0 Å². The van der Waals surface area contributed by atoms with Crippen molar-refractivity contribution in [2.24, 2.45) is 5.92 Å². The first-order valence-electron chi connectivity index (χ1n) is 8.50. The number of hydrogen-bond acceptors (Lipinski definition) is 5. The molecule has 0 unspecified atom stereocenters. The fourth-order valence-electron chi connectivity index (χ4n) is 3.11. The number of likely N-dealkylation sites (tertiary alicyclic amines) is 1. The van der Waals surface area contributed by atoms with Gasteiger partial charge in [0.1, 0.15) is 11.6 Å². The monoisotopic (exact) mass is 354 g/mol. The molecule has 1 aromatic heterocycles. The standard InChI is InChI=1S/C19H22N4OS/c1-13-7-9-23(10-8-13)12-14-3-5-15(6-4-14)17-16(11-20)18(24)22-19(21-17)25-2/h3-6,13H,7-10,12H2,1-2H3,(H,21,22,24). The lowest BCUT2D eigenvalue weighted by Gasteiger charge is -2.30. The average Bonchev–Trinajstić information content (AvgIpc) is 2.63. The summed E-state index contributed by atoms with van der Waals surface area (Å²) in [6, 6.07) is 10.0. The lowest BCUT2D eigenvalue weighted by atomic mass is 9.98. The van der Waals surface area contributed by atoms with Crippen LogP contribution in [0.15, 0.2) is 34.2 Å². The highest BCUT2D eigenvalue weighted by Gasteiger charge is 2.16. The molecule has 0 radical (unpaired) electrons. The van der Waals surface area contributed by atoms with Crippen LogP contribution in [0.3, 0.4) is 0 Å². The second kappa shape index (κ2) is 7.85. The zero-order chi connectivity index (χ0) is 17.8. The van der Waals surface area contributed by atoms with Crippen LogP contribution in [0, 0.1) is 17.2 Å². The topological polar surface area (TPSA) is 72.8 Å². The number of benzene rings is 1. The highest BCUT2D eigenvalue weighted by molar-refractivity contribution is 7.98. The van der Waals surface area contributed by atoms with Crippen LogP contribution < -0.4 is 5.56 Å². The van der Waals surface area contributed by atoms with E-state index in [4.69, 9.17) is 0 Å². The van der Waals surface area contributed by atoms with E-state index in [9.17, 15) is 10.1 Å². The second-order valence-electron chi connectivity index (χ2n) is 6.57. The van der Waals surface area contributed by atoms with Gasteiger partial charge in [-0.1, -0.05) is 43.0 Å². The van der Waals surface area contributed by atoms with Gasteiger partial charge in [-0.25, -0.2) is 4.98 Å². The first-order valence-corrected chi connectivity index (χ1v) is 9.73. The van der Waals surface area contributed by atoms with E-state index in [2.05, 4.69) is 33.9 Å². The first kappa shape index (κ1) is 17.7. The smallest absolute Gasteiger partial charge is 0.270 e. The molecule has 1 saturated heterocycles. The van der Waals surface area contributed by atoms with Crippen molar-refractivity contribution < 1.29 is 0 Å². The summed E-state index contributed by atoms with van der Waals surface area (Å²) in [5.41, 5.74) is 2.17. The fourth-order valence-corrected chi connectivity index (χ4v) is 3.49. The van der Waals surface area contributed by atoms with Gasteiger partial charge >= 0.3 is 0 Å². The normalized spacial score (nSPS) is 15.9. The molecule has 130 valence electrons. The Morgan fingerprint density at radius 2 is 2.00 bits per heavy atom. The number of hydrogen-bond donors (Lipinski definition) is 1. The van der Waals surface area contributed by atoms with Crippen LogP contribution >= 0.6 is 11.8 Å². The van der Waals surface area contributed by atoms with Crippen LogP contribution in [0.25, 0.3) is 11.3 Å². The van der Waals surface area contributed by atoms with Crippen LogP contribution in [0.2, 0.25) is 0 Å². The van der Waals surface area contributed by atoms with Gasteiger partial charge in [0.2, 0.25) is 0 Å². The van der Waals surface area contributed by atoms with Gasteiger partial charge in [0, 0.05) is 12.1 Å². The summed E-state index contributed by atoms with van der Waals surface area (Å²) >= 11 is 1.35. The molecule has 0 amide bonds. The summed E-state index contributed by atoms with van der Waals surface area (Å²) in [5.74, 6) is 0.830. The Balaban J connectivity index is 1.82. The average molecular weight is 354 g/mol. The Bertz CT molecular complexity index is 830. The summed E-state index contributed by atoms with van der Waals surface area (Å²) < 4.78 is 0. The molecule has 1 fully saturated rings. The molecule has 0 spiro atoms. The van der Waals surface area contributed by atoms with Crippen molar-refractivity contribution in [3.8, 4) is 17.3 Å². The Morgan fingerprint density at radius 3 is 2.60 bits per heavy atom. The number of nitriles is 1. The van der Waals surface area contributed by atoms with Gasteiger partial charge in [-0.15, -0.1) is 0 Å². The molecule has 2 heterocycles. The van der Waals surface area contributed by atoms with Crippen molar-refractivity contribution in [3.05, 3.63) is 45.7 Å². The number of nitrogens with zero attached hydrogens (tertiary/aromatic N) is 3. The number of H-pyrrole nitrogens is 1. The molecule has 0 aliphatic carbocycles. The third kappa shape index (κ3) is 4.12. The van der Waals surface area contributed by atoms with Gasteiger partial charge in [0.15, 0.2) is 5.16 Å². The van der Waals surface area contributed by atoms with Crippen molar-refractivity contribution >= 4 is 11.8 Å². The predicted molar refractivity (Wildman–Crippen MR) is 100 cm³/mol. The van der Waals surface area contributed by atoms with Crippen LogP contribution in [-0.4, -0.2) is 34.2 Å². The molecule has 6 heteroatoms. The third-order valence-electron chi connectivity index (χ3n) is 4.71. The minimum absolute atomic E-state index is 0.0653. The third-order valence-corrected chi connectivity index (χ3v) is 5.29. The number of piperidine rings is 1. The van der Waals surface area contributed by atoms with Gasteiger partial charge in [0.25, 0.3) is 5.56 Å². The van der Waals surface area contributed by atoms with Crippen LogP contribution in [0.1, 0.15) is 30.9 Å². The molecule has 0 saturated carbocycles. The minimum Gasteiger partial charge on any atom is -0.300 e. The summed E-state index contributed by atoms with van der Waals surface area (Å²) in [6.07, 6.45) is 4.37. The summed E-state index contributed by atoms with van der Waals surface area (Å²) in [5, 5.41) is 9.81. The van der Waals surface area contributed by atoms with Crippen molar-refractivity contribution in [2.75, 3.05) is 19.3 Å². The Kier molecular flexibility index (Phi) is 5.57. The predicted octanol–water partition coefficient (Wildman–Crippen LogP) is 3.26. The van der Waals surface area contributed by atoms with Crippen molar-refractivity contribution in [3.63, 3.8) is 0 Å². The van der Waals surface area contributed by atoms with Crippen LogP contribution in [-0.2, 0) is 6.54 Å². The van der Waals surface area contributed by atoms with E-state index < -0.39 is 0 Å². The molecule has 1 aromatic carbocycles. The molecular formula is C19H22N4OS. The second-order valence-corrected chi connectivity index (χ2v) is 7.36. The Hall–Kier alpha value is -2.10. The van der Waals surface area contributed by atoms with E-state index in [1.165, 1.54) is 30.2 Å². The van der Waals surface area contributed by atoms with Gasteiger partial charge in [-0.2, -0.15) is 5.26 Å². The lowest BCUT2D eigenvalue weighted by molar-refractivity contribution is 0.185. The van der Waals surface area contributed by atoms with Crippen LogP contribution in [0.5, 0.6) is 0 Å². The molecule has 1 N–H and O–H groups in total. The quantitative estimate of drug-likeness (QED) is 0.674. The van der Waals surface area contributed by atoms with Gasteiger partial charge in [-0.3, -0.25) is 9.69 Å². The summed E-state index contributed by atoms with van der Waals surface area (Å²) in [4.78, 5) is 21.6. The number of thioether (sulfide) groups is 1. The summed E-state index contributed by atoms with van der Waals surface area (Å²) in [7, 11) is 0. The number of rotatable bonds is 4. The molecule has 5 nitrogen and oxygen atoms in total. The number of aromatic amines is 1. The van der Waals surface area contributed by atoms with E-state index >= 15 is 0 Å². The number of nitrogens with one attached hydrogen (secondary N) is 1. The van der Waals surface area contributed by atoms with Crippen molar-refractivity contribution in [2.45, 2.75) is 31.5 Å². The van der Waals surface area contributed by atoms with Crippen molar-refractivity contribution in [1.82, 2.24) is 14.9 Å². The zero-order valence-corrected chi connectivity index (χ0v) is 15.4. The van der Waals surface area contributed by atoms with E-state index in [1.807, 2.05) is 24.5 Å². The van der Waals surface area contributed by atoms with Gasteiger partial charge < -0.3 is 4.98 Å². The molecule has 1 aliphatic heterocycles. The van der Waals surface area contributed by atoms with E-state index in [0.29, 0.717) is 10.9 Å². The fraction of sp³-hybridized carbons (Fsp3) is 0.421. The molecule has 3 rings (SSSR count). The molecular weight excluding hydrogens is 332 g/mol. The Morgan fingerprint density at radius 1 is 1.32 bits per heavy atom. The highest BCUT2D eigenvalue weighted by atomic mass is 32.2. The SMILES string of the molecule is CSc1nc(-c2ccc(CN3CCC(C)CC3)cc2)c(C#N)c(=O)[nH]1. The van der Waals surface area contributed by atoms with E-state index in [-0.39, 0.29) is 11.1 Å². The number of aromatic nitrogens is 2. The minimum atomic E-state index is -0.386. The maximum Gasteiger partial charge on any atom is 0.270 e. The summed E-state index contributed by atoms with van der Waals surface area (Å²) in [6.45, 7) is 5.55. The molecule has 2 aromatic rings. The van der Waals surface area contributed by atoms with Crippen molar-refractivity contribution in [1.29, 1.82) is 5.26 Å². The maximum atomic E-state index is 12.0. The maximum absolute atomic E-state index is 12.0. The van der Waals surface area contributed by atoms with Crippen LogP contribution in [0.4, 0.5) is 0 Å². The molecule has 1 aliphatic rings. The Labute approximate surface area is 152 Å². The largest absolute Gasteiger partial charge is 0.300 e. The molecule has 25 heavy (non-hydrogen) atoms. The highest BCUT2D eigenvalue weighted by Crippen LogP contribution is 2.23. The van der Waals surface area contributed by atoms with Gasteiger partial charge in [-0.05, 0) is 43.7 Å².